The molecule has 0 spiro atoms. The SMILES string of the molecule is [B].[CH-]=O.[Ru+3].c1ccc([PH+](C[CH-]C[N-]CC[PH+](c2ccccc2)c2ccccc2)c2ccccc2)cc1. The molecule has 0 heterocycles. The summed E-state index contributed by atoms with van der Waals surface area (Å²) in [6.45, 7) is 5.01. The van der Waals surface area contributed by atoms with Gasteiger partial charge in [0.2, 0.25) is 0 Å². The van der Waals surface area contributed by atoms with Crippen LogP contribution in [0.3, 0.4) is 0 Å². The van der Waals surface area contributed by atoms with Gasteiger partial charge in [-0.25, -0.2) is 0 Å². The number of hydrogen-bond donors (Lipinski definition) is 0. The Balaban J connectivity index is 0.00000158. The summed E-state index contributed by atoms with van der Waals surface area (Å²) in [4.78, 5) is 7.75. The summed E-state index contributed by atoms with van der Waals surface area (Å²) in [6.07, 6.45) is 4.64. The van der Waals surface area contributed by atoms with E-state index in [0.29, 0.717) is 0 Å². The standard InChI is InChI=1S/C29H29NP2.CHO.B.Ru/c1-5-14-26(15-6-1)31(27-16-7-2-8-17-27)24-13-22-30-23-25-32(28-18-9-3-10-19-28)29-20-11-4-12-21-29;1-2;;/h1-21H,22-25H2;1H;;/q-2;-1;;+3/p+2. The summed E-state index contributed by atoms with van der Waals surface area (Å²) >= 11 is 0. The zero-order chi connectivity index (χ0) is 23.8. The van der Waals surface area contributed by atoms with Gasteiger partial charge in [0.1, 0.15) is 0 Å². The van der Waals surface area contributed by atoms with E-state index in [9.17, 15) is 0 Å². The molecule has 0 atom stereocenters. The van der Waals surface area contributed by atoms with E-state index in [0.717, 1.165) is 25.4 Å². The van der Waals surface area contributed by atoms with Crippen LogP contribution in [0.2, 0.25) is 0 Å². The van der Waals surface area contributed by atoms with Gasteiger partial charge in [0.25, 0.3) is 0 Å². The Morgan fingerprint density at radius 3 is 1.28 bits per heavy atom. The number of rotatable bonds is 11. The van der Waals surface area contributed by atoms with Crippen LogP contribution < -0.4 is 21.2 Å². The maximum absolute atomic E-state index is 7.75. The van der Waals surface area contributed by atoms with Crippen molar-refractivity contribution in [1.82, 2.24) is 0 Å². The molecule has 6 heteroatoms. The van der Waals surface area contributed by atoms with Gasteiger partial charge in [0, 0.05) is 22.5 Å². The fraction of sp³-hybridized carbons (Fsp3) is 0.133. The van der Waals surface area contributed by atoms with Gasteiger partial charge in [-0.05, 0) is 48.5 Å². The molecule has 0 aliphatic heterocycles. The minimum atomic E-state index is -0.797. The monoisotopic (exact) mass is 597 g/mol. The molecule has 4 rings (SSSR count). The summed E-state index contributed by atoms with van der Waals surface area (Å²) in [5.41, 5.74) is 0. The summed E-state index contributed by atoms with van der Waals surface area (Å²) in [6, 6.07) is 43.9. The molecule has 0 saturated carbocycles. The van der Waals surface area contributed by atoms with Gasteiger partial charge in [-0.1, -0.05) is 79.0 Å². The maximum atomic E-state index is 7.75. The third kappa shape index (κ3) is 10.2. The molecule has 0 aliphatic rings. The third-order valence-electron chi connectivity index (χ3n) is 5.62. The normalized spacial score (nSPS) is 10.1. The zero-order valence-electron chi connectivity index (χ0n) is 20.3. The summed E-state index contributed by atoms with van der Waals surface area (Å²) in [5, 5.41) is 10.8. The van der Waals surface area contributed by atoms with Crippen LogP contribution in [0.1, 0.15) is 0 Å². The van der Waals surface area contributed by atoms with E-state index in [2.05, 4.69) is 135 Å². The molecule has 4 radical (unpaired) electrons. The third-order valence-corrected chi connectivity index (χ3v) is 11.2. The predicted octanol–water partition coefficient (Wildman–Crippen LogP) is 4.64. The van der Waals surface area contributed by atoms with Crippen molar-refractivity contribution in [3.05, 3.63) is 133 Å². The van der Waals surface area contributed by atoms with Crippen molar-refractivity contribution in [2.75, 3.05) is 25.4 Å². The van der Waals surface area contributed by atoms with Gasteiger partial charge in [0.05, 0.1) is 29.1 Å². The fourth-order valence-corrected chi connectivity index (χ4v) is 8.89. The number of carbonyl (C=O) groups excluding carboxylic acids is 1. The van der Waals surface area contributed by atoms with Crippen LogP contribution in [-0.2, 0) is 24.3 Å². The second-order valence-corrected chi connectivity index (χ2v) is 12.9. The first-order valence-corrected chi connectivity index (χ1v) is 14.9. The average Bonchev–Trinajstić information content (AvgIpc) is 2.93. The maximum Gasteiger partial charge on any atom is 3.00 e. The summed E-state index contributed by atoms with van der Waals surface area (Å²) in [5.74, 6) is 0. The molecule has 36 heavy (non-hydrogen) atoms. The van der Waals surface area contributed by atoms with Crippen molar-refractivity contribution in [2.45, 2.75) is 0 Å². The molecule has 182 valence electrons. The Bertz CT molecular complexity index is 893. The number of nitrogens with zero attached hydrogens (tertiary/aromatic N) is 1. The molecule has 0 unspecified atom stereocenters. The molecule has 0 N–H and O–H groups in total. The molecule has 4 aromatic carbocycles. The molecule has 4 aromatic rings. The fourth-order valence-electron chi connectivity index (χ4n) is 4.00. The largest absolute Gasteiger partial charge is 3.00 e. The molecule has 0 saturated heterocycles. The van der Waals surface area contributed by atoms with Gasteiger partial charge in [-0.15, -0.1) is 6.54 Å². The van der Waals surface area contributed by atoms with Crippen LogP contribution in [0.15, 0.2) is 121 Å². The van der Waals surface area contributed by atoms with E-state index in [4.69, 9.17) is 10.1 Å². The van der Waals surface area contributed by atoms with Gasteiger partial charge in [0.15, 0.2) is 0 Å². The molecule has 0 fully saturated rings. The topological polar surface area (TPSA) is 31.2 Å². The zero-order valence-corrected chi connectivity index (χ0v) is 24.1. The van der Waals surface area contributed by atoms with E-state index in [1.54, 1.807) is 0 Å². The Hall–Kier alpha value is -1.94. The summed E-state index contributed by atoms with van der Waals surface area (Å²) < 4.78 is 0. The van der Waals surface area contributed by atoms with Crippen molar-refractivity contribution in [1.29, 1.82) is 0 Å². The van der Waals surface area contributed by atoms with Gasteiger partial charge < -0.3 is 16.5 Å². The second kappa shape index (κ2) is 19.2. The molecule has 0 aliphatic carbocycles. The molecule has 0 aromatic heterocycles. The van der Waals surface area contributed by atoms with Crippen LogP contribution in [0.5, 0.6) is 0 Å². The van der Waals surface area contributed by atoms with E-state index < -0.39 is 15.8 Å². The smallest absolute Gasteiger partial charge is 0.685 e. The number of hydrogen-bond acceptors (Lipinski definition) is 1. The first-order valence-electron chi connectivity index (χ1n) is 11.5. The second-order valence-electron chi connectivity index (χ2n) is 7.79. The van der Waals surface area contributed by atoms with Crippen molar-refractivity contribution in [2.24, 2.45) is 0 Å². The van der Waals surface area contributed by atoms with Crippen LogP contribution in [0.25, 0.3) is 5.32 Å². The van der Waals surface area contributed by atoms with Gasteiger partial charge in [-0.3, -0.25) is 13.3 Å². The van der Waals surface area contributed by atoms with Crippen molar-refractivity contribution in [3.8, 4) is 0 Å². The van der Waals surface area contributed by atoms with Gasteiger partial charge >= 0.3 is 19.5 Å². The molecule has 0 amide bonds. The first-order chi connectivity index (χ1) is 16.9. The van der Waals surface area contributed by atoms with E-state index in [1.807, 2.05) is 0 Å². The van der Waals surface area contributed by atoms with Crippen LogP contribution >= 0.6 is 15.8 Å². The van der Waals surface area contributed by atoms with Crippen LogP contribution in [0, 0.1) is 6.42 Å². The first kappa shape index (κ1) is 32.1. The van der Waals surface area contributed by atoms with Crippen LogP contribution in [0.4, 0.5) is 0 Å². The minimum Gasteiger partial charge on any atom is -0.685 e. The Kier molecular flexibility index (Phi) is 17.1. The van der Waals surface area contributed by atoms with E-state index >= 15 is 0 Å². The Labute approximate surface area is 234 Å². The van der Waals surface area contributed by atoms with Crippen LogP contribution in [-0.4, -0.2) is 40.6 Å². The summed E-state index contributed by atoms with van der Waals surface area (Å²) in [7, 11) is -1.59. The molecule has 2 nitrogen and oxygen atoms in total. The quantitative estimate of drug-likeness (QED) is 0.0817. The van der Waals surface area contributed by atoms with Crippen molar-refractivity contribution < 1.29 is 24.3 Å². The van der Waals surface area contributed by atoms with E-state index in [-0.39, 0.29) is 27.9 Å². The van der Waals surface area contributed by atoms with E-state index in [1.165, 1.54) is 21.2 Å². The van der Waals surface area contributed by atoms with Gasteiger partial charge in [-0.2, -0.15) is 0 Å². The average molecular weight is 596 g/mol. The Morgan fingerprint density at radius 1 is 0.583 bits per heavy atom. The molecule has 0 bridgehead atoms. The molecular weight excluding hydrogens is 564 g/mol. The predicted molar refractivity (Wildman–Crippen MR) is 161 cm³/mol. The minimum absolute atomic E-state index is 0. The van der Waals surface area contributed by atoms with Crippen molar-refractivity contribution in [3.63, 3.8) is 0 Å². The number of benzene rings is 4. The van der Waals surface area contributed by atoms with Crippen molar-refractivity contribution >= 4 is 52.3 Å². The Morgan fingerprint density at radius 2 is 0.917 bits per heavy atom. The molecular formula is C30H32BNOP2Ru+2.